The molecule has 2 aromatic heterocycles. The van der Waals surface area contributed by atoms with Crippen LogP contribution in [0.15, 0.2) is 22.5 Å². The van der Waals surface area contributed by atoms with Crippen LogP contribution in [0.1, 0.15) is 36.3 Å². The number of hydrogen-bond acceptors (Lipinski definition) is 4. The lowest BCUT2D eigenvalue weighted by molar-refractivity contribution is 0.273. The number of piperidine rings is 1. The van der Waals surface area contributed by atoms with Crippen molar-refractivity contribution in [3.63, 3.8) is 0 Å². The number of hydrogen-bond donors (Lipinski definition) is 1. The fourth-order valence-electron chi connectivity index (χ4n) is 2.80. The molecule has 0 radical (unpaired) electrons. The van der Waals surface area contributed by atoms with Crippen molar-refractivity contribution in [2.45, 2.75) is 39.8 Å². The molecule has 1 saturated heterocycles. The summed E-state index contributed by atoms with van der Waals surface area (Å²) in [7, 11) is 1.99. The van der Waals surface area contributed by atoms with Crippen LogP contribution in [0.3, 0.4) is 0 Å². The monoisotopic (exact) mass is 346 g/mol. The molecule has 6 nitrogen and oxygen atoms in total. The molecule has 0 unspecified atom stereocenters. The number of aryl methyl sites for hydroxylation is 1. The molecular formula is C17H26N6S. The topological polar surface area (TPSA) is 58.3 Å². The number of nitrogens with zero attached hydrogens (tertiary/aromatic N) is 5. The van der Waals surface area contributed by atoms with Crippen LogP contribution in [0, 0.1) is 12.8 Å². The zero-order valence-corrected chi connectivity index (χ0v) is 15.5. The highest BCUT2D eigenvalue weighted by atomic mass is 32.1. The van der Waals surface area contributed by atoms with Crippen LogP contribution in [0.5, 0.6) is 0 Å². The third kappa shape index (κ3) is 4.14. The van der Waals surface area contributed by atoms with Crippen LogP contribution in [0.2, 0.25) is 0 Å². The number of thiophene rings is 1. The minimum absolute atomic E-state index is 0.552. The molecule has 0 aliphatic carbocycles. The number of guanidine groups is 1. The van der Waals surface area contributed by atoms with Gasteiger partial charge < -0.3 is 14.8 Å². The van der Waals surface area contributed by atoms with E-state index in [1.807, 2.05) is 18.5 Å². The average molecular weight is 347 g/mol. The summed E-state index contributed by atoms with van der Waals surface area (Å²) in [5.74, 6) is 3.60. The molecule has 130 valence electrons. The van der Waals surface area contributed by atoms with E-state index in [-0.39, 0.29) is 0 Å². The molecule has 3 heterocycles. The van der Waals surface area contributed by atoms with Crippen molar-refractivity contribution in [2.75, 3.05) is 13.1 Å². The molecule has 0 spiro atoms. The molecule has 0 saturated carbocycles. The van der Waals surface area contributed by atoms with E-state index in [2.05, 4.69) is 44.9 Å². The Bertz CT molecular complexity index is 667. The second kappa shape index (κ2) is 7.79. The Morgan fingerprint density at radius 2 is 2.17 bits per heavy atom. The van der Waals surface area contributed by atoms with Crippen molar-refractivity contribution in [2.24, 2.45) is 18.0 Å². The molecule has 1 N–H and O–H groups in total. The molecule has 0 amide bonds. The Labute approximate surface area is 147 Å². The van der Waals surface area contributed by atoms with Gasteiger partial charge in [0, 0.05) is 25.0 Å². The molecule has 1 aliphatic rings. The number of aliphatic imine (C=N–C) groups is 1. The molecule has 0 bridgehead atoms. The Morgan fingerprint density at radius 3 is 2.79 bits per heavy atom. The first kappa shape index (κ1) is 17.0. The SMILES string of the molecule is Cc1nnc(CN=C(NCc2cccs2)N2CCC(C)CC2)n1C. The maximum Gasteiger partial charge on any atom is 0.194 e. The van der Waals surface area contributed by atoms with Gasteiger partial charge in [0.15, 0.2) is 11.8 Å². The van der Waals surface area contributed by atoms with Crippen molar-refractivity contribution in [1.82, 2.24) is 25.0 Å². The summed E-state index contributed by atoms with van der Waals surface area (Å²) in [5, 5.41) is 14.0. The minimum Gasteiger partial charge on any atom is -0.351 e. The smallest absolute Gasteiger partial charge is 0.194 e. The first-order chi connectivity index (χ1) is 11.6. The van der Waals surface area contributed by atoms with Crippen LogP contribution < -0.4 is 5.32 Å². The highest BCUT2D eigenvalue weighted by Crippen LogP contribution is 2.16. The van der Waals surface area contributed by atoms with Gasteiger partial charge in [0.25, 0.3) is 0 Å². The molecule has 1 fully saturated rings. The van der Waals surface area contributed by atoms with Gasteiger partial charge in [0.2, 0.25) is 0 Å². The Morgan fingerprint density at radius 1 is 1.38 bits per heavy atom. The van der Waals surface area contributed by atoms with E-state index >= 15 is 0 Å². The third-order valence-corrected chi connectivity index (χ3v) is 5.51. The van der Waals surface area contributed by atoms with Gasteiger partial charge in [-0.3, -0.25) is 0 Å². The zero-order chi connectivity index (χ0) is 16.9. The predicted molar refractivity (Wildman–Crippen MR) is 98.0 cm³/mol. The van der Waals surface area contributed by atoms with Crippen LogP contribution >= 0.6 is 11.3 Å². The fraction of sp³-hybridized carbons (Fsp3) is 0.588. The Kier molecular flexibility index (Phi) is 5.50. The lowest BCUT2D eigenvalue weighted by atomic mass is 10.00. The lowest BCUT2D eigenvalue weighted by Crippen LogP contribution is -2.45. The van der Waals surface area contributed by atoms with Crippen LogP contribution in [0.4, 0.5) is 0 Å². The molecule has 24 heavy (non-hydrogen) atoms. The summed E-state index contributed by atoms with van der Waals surface area (Å²) in [4.78, 5) is 8.52. The largest absolute Gasteiger partial charge is 0.351 e. The highest BCUT2D eigenvalue weighted by Gasteiger charge is 2.19. The summed E-state index contributed by atoms with van der Waals surface area (Å²) in [5.41, 5.74) is 0. The Hall–Kier alpha value is -1.89. The molecular weight excluding hydrogens is 320 g/mol. The quantitative estimate of drug-likeness (QED) is 0.683. The zero-order valence-electron chi connectivity index (χ0n) is 14.7. The first-order valence-electron chi connectivity index (χ1n) is 8.54. The van der Waals surface area contributed by atoms with Gasteiger partial charge in [-0.05, 0) is 37.1 Å². The van der Waals surface area contributed by atoms with E-state index in [4.69, 9.17) is 4.99 Å². The van der Waals surface area contributed by atoms with Crippen molar-refractivity contribution in [3.8, 4) is 0 Å². The van der Waals surface area contributed by atoms with Crippen LogP contribution in [-0.4, -0.2) is 38.7 Å². The molecule has 7 heteroatoms. The van der Waals surface area contributed by atoms with Gasteiger partial charge in [-0.15, -0.1) is 21.5 Å². The summed E-state index contributed by atoms with van der Waals surface area (Å²) >= 11 is 1.77. The lowest BCUT2D eigenvalue weighted by Gasteiger charge is -2.33. The summed E-state index contributed by atoms with van der Waals surface area (Å²) in [6, 6.07) is 4.24. The third-order valence-electron chi connectivity index (χ3n) is 4.64. The molecule has 1 aliphatic heterocycles. The number of nitrogens with one attached hydrogen (secondary N) is 1. The number of rotatable bonds is 4. The minimum atomic E-state index is 0.552. The van der Waals surface area contributed by atoms with Crippen molar-refractivity contribution in [1.29, 1.82) is 0 Å². The maximum atomic E-state index is 4.83. The maximum absolute atomic E-state index is 4.83. The van der Waals surface area contributed by atoms with Gasteiger partial charge >= 0.3 is 0 Å². The fourth-order valence-corrected chi connectivity index (χ4v) is 3.45. The van der Waals surface area contributed by atoms with Gasteiger partial charge in [-0.1, -0.05) is 13.0 Å². The van der Waals surface area contributed by atoms with Gasteiger partial charge in [-0.25, -0.2) is 4.99 Å². The standard InChI is InChI=1S/C17H26N6S/c1-13-6-8-23(9-7-13)17(18-11-15-5-4-10-24-15)19-12-16-21-20-14(2)22(16)3/h4-5,10,13H,6-9,11-12H2,1-3H3,(H,18,19). The molecule has 0 aromatic carbocycles. The van der Waals surface area contributed by atoms with E-state index < -0.39 is 0 Å². The second-order valence-corrected chi connectivity index (χ2v) is 7.50. The van der Waals surface area contributed by atoms with E-state index in [1.54, 1.807) is 11.3 Å². The van der Waals surface area contributed by atoms with E-state index in [1.165, 1.54) is 17.7 Å². The number of aromatic nitrogens is 3. The molecule has 3 rings (SSSR count). The summed E-state index contributed by atoms with van der Waals surface area (Å²) in [6.45, 7) is 7.79. The van der Waals surface area contributed by atoms with Gasteiger partial charge in [-0.2, -0.15) is 0 Å². The van der Waals surface area contributed by atoms with E-state index in [0.29, 0.717) is 6.54 Å². The van der Waals surface area contributed by atoms with Gasteiger partial charge in [0.1, 0.15) is 12.4 Å². The van der Waals surface area contributed by atoms with Gasteiger partial charge in [0.05, 0.1) is 6.54 Å². The van der Waals surface area contributed by atoms with Crippen LogP contribution in [0.25, 0.3) is 0 Å². The molecule has 0 atom stereocenters. The normalized spacial score (nSPS) is 16.6. The van der Waals surface area contributed by atoms with Crippen molar-refractivity contribution < 1.29 is 0 Å². The van der Waals surface area contributed by atoms with E-state index in [9.17, 15) is 0 Å². The molecule has 2 aromatic rings. The van der Waals surface area contributed by atoms with E-state index in [0.717, 1.165) is 43.2 Å². The summed E-state index contributed by atoms with van der Waals surface area (Å²) in [6.07, 6.45) is 2.45. The second-order valence-electron chi connectivity index (χ2n) is 6.46. The average Bonchev–Trinajstić information content (AvgIpc) is 3.21. The van der Waals surface area contributed by atoms with Crippen LogP contribution in [-0.2, 0) is 20.1 Å². The van der Waals surface area contributed by atoms with Crippen molar-refractivity contribution >= 4 is 17.3 Å². The first-order valence-corrected chi connectivity index (χ1v) is 9.42. The number of likely N-dealkylation sites (tertiary alicyclic amines) is 1. The Balaban J connectivity index is 1.70. The predicted octanol–water partition coefficient (Wildman–Crippen LogP) is 2.56. The summed E-state index contributed by atoms with van der Waals surface area (Å²) < 4.78 is 2.00. The highest BCUT2D eigenvalue weighted by molar-refractivity contribution is 7.09. The van der Waals surface area contributed by atoms with Crippen molar-refractivity contribution in [3.05, 3.63) is 34.0 Å².